The van der Waals surface area contributed by atoms with Crippen LogP contribution in [0.4, 0.5) is 0 Å². The first kappa shape index (κ1) is 17.3. The fraction of sp³-hybridized carbons (Fsp3) is 0.476. The summed E-state index contributed by atoms with van der Waals surface area (Å²) in [5.74, 6) is 2.15. The van der Waals surface area contributed by atoms with Crippen molar-refractivity contribution in [2.45, 2.75) is 25.0 Å². The molecule has 2 fully saturated rings. The Kier molecular flexibility index (Phi) is 5.09. The molecule has 1 N–H and O–H groups in total. The topological polar surface area (TPSA) is 50.5 Å². The third-order valence-corrected chi connectivity index (χ3v) is 5.85. The lowest BCUT2D eigenvalue weighted by molar-refractivity contribution is 0.0306. The van der Waals surface area contributed by atoms with Crippen molar-refractivity contribution in [3.05, 3.63) is 54.4 Å². The minimum atomic E-state index is -0.291. The molecule has 4 rings (SSSR count). The third-order valence-electron chi connectivity index (χ3n) is 5.85. The van der Waals surface area contributed by atoms with Crippen molar-refractivity contribution in [2.24, 2.45) is 11.8 Å². The van der Waals surface area contributed by atoms with E-state index in [4.69, 9.17) is 4.74 Å². The second kappa shape index (κ2) is 7.64. The standard InChI is InChI=1S/C21H27N3O2/c1-26-21-8-3-2-6-16(21)7-4-10-23-14-17-12-19(24-11-5-9-22-24)20(25)13-18(17)15-23/h2-9,11,17-20,25H,10,12-15H2,1H3/b7-4+/t17-,18+,19-,20-/m1/s1. The molecule has 5 heteroatoms. The summed E-state index contributed by atoms with van der Waals surface area (Å²) in [5, 5.41) is 14.9. The third kappa shape index (κ3) is 3.55. The summed E-state index contributed by atoms with van der Waals surface area (Å²) in [5.41, 5.74) is 1.11. The first-order valence-electron chi connectivity index (χ1n) is 9.43. The highest BCUT2D eigenvalue weighted by Gasteiger charge is 2.42. The van der Waals surface area contributed by atoms with Gasteiger partial charge >= 0.3 is 0 Å². The first-order valence-corrected chi connectivity index (χ1v) is 9.43. The fourth-order valence-corrected chi connectivity index (χ4v) is 4.55. The lowest BCUT2D eigenvalue weighted by Gasteiger charge is -2.35. The van der Waals surface area contributed by atoms with Crippen LogP contribution in [-0.4, -0.2) is 52.6 Å². The normalized spacial score (nSPS) is 29.2. The molecule has 0 bridgehead atoms. The predicted molar refractivity (Wildman–Crippen MR) is 102 cm³/mol. The fourth-order valence-electron chi connectivity index (χ4n) is 4.55. The molecule has 2 aromatic rings. The van der Waals surface area contributed by atoms with Gasteiger partial charge in [-0.1, -0.05) is 30.4 Å². The average Bonchev–Trinajstić information content (AvgIpc) is 3.30. The molecular formula is C21H27N3O2. The smallest absolute Gasteiger partial charge is 0.126 e. The number of hydrogen-bond donors (Lipinski definition) is 1. The Morgan fingerprint density at radius 3 is 2.77 bits per heavy atom. The zero-order valence-corrected chi connectivity index (χ0v) is 15.2. The van der Waals surface area contributed by atoms with Gasteiger partial charge in [0.2, 0.25) is 0 Å². The minimum Gasteiger partial charge on any atom is -0.496 e. The molecule has 0 amide bonds. The number of methoxy groups -OCH3 is 1. The second-order valence-corrected chi connectivity index (χ2v) is 7.48. The van der Waals surface area contributed by atoms with Crippen LogP contribution in [0.3, 0.4) is 0 Å². The van der Waals surface area contributed by atoms with Crippen molar-refractivity contribution in [1.82, 2.24) is 14.7 Å². The number of para-hydroxylation sites is 1. The quantitative estimate of drug-likeness (QED) is 0.898. The van der Waals surface area contributed by atoms with Crippen LogP contribution in [0.5, 0.6) is 5.75 Å². The Bertz CT molecular complexity index is 743. The number of aliphatic hydroxyl groups excluding tert-OH is 1. The molecule has 0 radical (unpaired) electrons. The summed E-state index contributed by atoms with van der Waals surface area (Å²) in [6.45, 7) is 3.11. The van der Waals surface area contributed by atoms with Crippen molar-refractivity contribution in [1.29, 1.82) is 0 Å². The Morgan fingerprint density at radius 1 is 1.19 bits per heavy atom. The van der Waals surface area contributed by atoms with Crippen LogP contribution in [0.15, 0.2) is 48.8 Å². The van der Waals surface area contributed by atoms with Gasteiger partial charge in [-0.05, 0) is 36.8 Å². The van der Waals surface area contributed by atoms with Crippen molar-refractivity contribution < 1.29 is 9.84 Å². The number of likely N-dealkylation sites (tertiary alicyclic amines) is 1. The minimum absolute atomic E-state index is 0.121. The maximum atomic E-state index is 10.5. The SMILES string of the molecule is COc1ccccc1/C=C/CN1C[C@H]2C[C@@H](n3cccn3)[C@H](O)C[C@H]2C1. The van der Waals surface area contributed by atoms with Crippen LogP contribution >= 0.6 is 0 Å². The average molecular weight is 353 g/mol. The van der Waals surface area contributed by atoms with Gasteiger partial charge in [-0.25, -0.2) is 0 Å². The number of hydrogen-bond acceptors (Lipinski definition) is 4. The van der Waals surface area contributed by atoms with E-state index in [2.05, 4.69) is 28.2 Å². The second-order valence-electron chi connectivity index (χ2n) is 7.48. The lowest BCUT2D eigenvalue weighted by Crippen LogP contribution is -2.36. The molecule has 5 nitrogen and oxygen atoms in total. The number of ether oxygens (including phenoxy) is 1. The molecule has 1 aromatic carbocycles. The van der Waals surface area contributed by atoms with Crippen LogP contribution in [0.2, 0.25) is 0 Å². The van der Waals surface area contributed by atoms with Gasteiger partial charge in [0.1, 0.15) is 5.75 Å². The van der Waals surface area contributed by atoms with Crippen molar-refractivity contribution >= 4 is 6.08 Å². The molecule has 26 heavy (non-hydrogen) atoms. The van der Waals surface area contributed by atoms with E-state index in [9.17, 15) is 5.11 Å². The van der Waals surface area contributed by atoms with Gasteiger partial charge in [0.05, 0.1) is 19.3 Å². The van der Waals surface area contributed by atoms with E-state index >= 15 is 0 Å². The largest absolute Gasteiger partial charge is 0.496 e. The lowest BCUT2D eigenvalue weighted by atomic mass is 9.77. The van der Waals surface area contributed by atoms with Crippen LogP contribution in [0, 0.1) is 11.8 Å². The monoisotopic (exact) mass is 353 g/mol. The summed E-state index contributed by atoms with van der Waals surface area (Å²) in [4.78, 5) is 2.50. The zero-order valence-electron chi connectivity index (χ0n) is 15.2. The van der Waals surface area contributed by atoms with E-state index in [0.717, 1.165) is 43.8 Å². The van der Waals surface area contributed by atoms with E-state index in [0.29, 0.717) is 11.8 Å². The summed E-state index contributed by atoms with van der Waals surface area (Å²) in [6.07, 6.45) is 9.72. The van der Waals surface area contributed by atoms with Gasteiger partial charge in [-0.2, -0.15) is 5.10 Å². The zero-order chi connectivity index (χ0) is 17.9. The van der Waals surface area contributed by atoms with E-state index in [-0.39, 0.29) is 12.1 Å². The van der Waals surface area contributed by atoms with E-state index in [1.165, 1.54) is 0 Å². The maximum absolute atomic E-state index is 10.5. The molecule has 2 heterocycles. The van der Waals surface area contributed by atoms with Crippen LogP contribution in [0.25, 0.3) is 6.08 Å². The molecule has 1 saturated carbocycles. The maximum Gasteiger partial charge on any atom is 0.126 e. The molecule has 138 valence electrons. The highest BCUT2D eigenvalue weighted by molar-refractivity contribution is 5.57. The van der Waals surface area contributed by atoms with Crippen LogP contribution in [0.1, 0.15) is 24.4 Å². The van der Waals surface area contributed by atoms with E-state index < -0.39 is 0 Å². The molecule has 1 aliphatic carbocycles. The number of rotatable bonds is 5. The van der Waals surface area contributed by atoms with Gasteiger partial charge in [0, 0.05) is 37.6 Å². The Morgan fingerprint density at radius 2 is 2.00 bits per heavy atom. The Labute approximate surface area is 154 Å². The summed E-state index contributed by atoms with van der Waals surface area (Å²) in [7, 11) is 1.71. The molecule has 4 atom stereocenters. The highest BCUT2D eigenvalue weighted by atomic mass is 16.5. The molecule has 2 aliphatic rings. The highest BCUT2D eigenvalue weighted by Crippen LogP contribution is 2.41. The number of benzene rings is 1. The van der Waals surface area contributed by atoms with Crippen LogP contribution in [-0.2, 0) is 0 Å². The van der Waals surface area contributed by atoms with Crippen molar-refractivity contribution in [2.75, 3.05) is 26.7 Å². The van der Waals surface area contributed by atoms with E-state index in [1.54, 1.807) is 13.3 Å². The Balaban J connectivity index is 1.36. The van der Waals surface area contributed by atoms with Crippen molar-refractivity contribution in [3.63, 3.8) is 0 Å². The molecule has 1 aliphatic heterocycles. The first-order chi connectivity index (χ1) is 12.7. The van der Waals surface area contributed by atoms with Gasteiger partial charge in [0.15, 0.2) is 0 Å². The molecule has 1 saturated heterocycles. The molecule has 0 unspecified atom stereocenters. The summed E-state index contributed by atoms with van der Waals surface area (Å²) in [6, 6.07) is 10.1. The molecule has 0 spiro atoms. The van der Waals surface area contributed by atoms with E-state index in [1.807, 2.05) is 35.1 Å². The summed E-state index contributed by atoms with van der Waals surface area (Å²) < 4.78 is 7.34. The number of aromatic nitrogens is 2. The van der Waals surface area contributed by atoms with Crippen molar-refractivity contribution in [3.8, 4) is 5.75 Å². The molecular weight excluding hydrogens is 326 g/mol. The predicted octanol–water partition coefficient (Wildman–Crippen LogP) is 2.85. The summed E-state index contributed by atoms with van der Waals surface area (Å²) >= 11 is 0. The molecule has 1 aromatic heterocycles. The Hall–Kier alpha value is -2.11. The number of fused-ring (bicyclic) bond motifs is 1. The number of nitrogens with zero attached hydrogens (tertiary/aromatic N) is 3. The van der Waals surface area contributed by atoms with Gasteiger partial charge in [-0.15, -0.1) is 0 Å². The van der Waals surface area contributed by atoms with Gasteiger partial charge < -0.3 is 9.84 Å². The van der Waals surface area contributed by atoms with Crippen LogP contribution < -0.4 is 4.74 Å². The van der Waals surface area contributed by atoms with Gasteiger partial charge in [-0.3, -0.25) is 9.58 Å². The van der Waals surface area contributed by atoms with Gasteiger partial charge in [0.25, 0.3) is 0 Å². The number of aliphatic hydroxyl groups is 1.